The van der Waals surface area contributed by atoms with Gasteiger partial charge in [-0.15, -0.1) is 0 Å². The van der Waals surface area contributed by atoms with Crippen molar-refractivity contribution in [2.24, 2.45) is 0 Å². The first-order valence-corrected chi connectivity index (χ1v) is 7.98. The SMILES string of the molecule is CCCNCC1(COC)C(C)=C(C)c2c1ccc(C)c2C. The average molecular weight is 287 g/mol. The molecule has 1 aliphatic rings. The fraction of sp³-hybridized carbons (Fsp3) is 0.579. The van der Waals surface area contributed by atoms with Gasteiger partial charge in [0.05, 0.1) is 12.0 Å². The van der Waals surface area contributed by atoms with Crippen molar-refractivity contribution >= 4 is 5.57 Å². The molecule has 0 amide bonds. The van der Waals surface area contributed by atoms with E-state index < -0.39 is 0 Å². The summed E-state index contributed by atoms with van der Waals surface area (Å²) < 4.78 is 5.63. The third kappa shape index (κ3) is 2.56. The zero-order valence-corrected chi connectivity index (χ0v) is 14.4. The van der Waals surface area contributed by atoms with Gasteiger partial charge in [-0.25, -0.2) is 0 Å². The Bertz CT molecular complexity index is 559. The van der Waals surface area contributed by atoms with E-state index in [0.717, 1.165) is 26.1 Å². The molecule has 1 unspecified atom stereocenters. The van der Waals surface area contributed by atoms with Crippen molar-refractivity contribution in [1.29, 1.82) is 0 Å². The van der Waals surface area contributed by atoms with Gasteiger partial charge in [0.2, 0.25) is 0 Å². The number of hydrogen-bond donors (Lipinski definition) is 1. The molecule has 1 aliphatic carbocycles. The second-order valence-corrected chi connectivity index (χ2v) is 6.37. The molecule has 2 heteroatoms. The molecule has 0 heterocycles. The van der Waals surface area contributed by atoms with Crippen LogP contribution in [-0.2, 0) is 10.2 Å². The van der Waals surface area contributed by atoms with Gasteiger partial charge in [0.15, 0.2) is 0 Å². The van der Waals surface area contributed by atoms with Gasteiger partial charge in [0, 0.05) is 13.7 Å². The third-order valence-corrected chi connectivity index (χ3v) is 5.15. The Morgan fingerprint density at radius 2 is 1.86 bits per heavy atom. The Balaban J connectivity index is 2.55. The Morgan fingerprint density at radius 1 is 1.14 bits per heavy atom. The van der Waals surface area contributed by atoms with E-state index in [1.54, 1.807) is 0 Å². The molecule has 0 aromatic heterocycles. The second-order valence-electron chi connectivity index (χ2n) is 6.37. The molecule has 0 bridgehead atoms. The van der Waals surface area contributed by atoms with Gasteiger partial charge in [-0.3, -0.25) is 0 Å². The Kier molecular flexibility index (Phi) is 4.90. The Labute approximate surface area is 129 Å². The lowest BCUT2D eigenvalue weighted by Gasteiger charge is -2.33. The monoisotopic (exact) mass is 287 g/mol. The molecule has 21 heavy (non-hydrogen) atoms. The largest absolute Gasteiger partial charge is 0.383 e. The van der Waals surface area contributed by atoms with Crippen LogP contribution in [0.15, 0.2) is 17.7 Å². The van der Waals surface area contributed by atoms with Crippen molar-refractivity contribution in [2.75, 3.05) is 26.8 Å². The molecule has 1 aromatic carbocycles. The molecule has 2 nitrogen and oxygen atoms in total. The molecule has 116 valence electrons. The number of benzene rings is 1. The quantitative estimate of drug-likeness (QED) is 0.799. The third-order valence-electron chi connectivity index (χ3n) is 5.15. The minimum absolute atomic E-state index is 0.0121. The molecule has 2 rings (SSSR count). The number of hydrogen-bond acceptors (Lipinski definition) is 2. The predicted octanol–water partition coefficient (Wildman–Crippen LogP) is 3.99. The lowest BCUT2D eigenvalue weighted by atomic mass is 9.77. The molecule has 1 aromatic rings. The van der Waals surface area contributed by atoms with Gasteiger partial charge in [-0.1, -0.05) is 24.6 Å². The summed E-state index contributed by atoms with van der Waals surface area (Å²) in [5.74, 6) is 0. The fourth-order valence-electron chi connectivity index (χ4n) is 3.64. The van der Waals surface area contributed by atoms with Crippen LogP contribution < -0.4 is 5.32 Å². The summed E-state index contributed by atoms with van der Waals surface area (Å²) in [6.07, 6.45) is 1.16. The molecule has 0 spiro atoms. The maximum absolute atomic E-state index is 5.63. The fourth-order valence-corrected chi connectivity index (χ4v) is 3.64. The van der Waals surface area contributed by atoms with Crippen LogP contribution in [0, 0.1) is 13.8 Å². The minimum atomic E-state index is -0.0121. The molecule has 0 radical (unpaired) electrons. The van der Waals surface area contributed by atoms with Crippen LogP contribution in [0.25, 0.3) is 5.57 Å². The van der Waals surface area contributed by atoms with Crippen molar-refractivity contribution in [1.82, 2.24) is 5.32 Å². The summed E-state index contributed by atoms with van der Waals surface area (Å²) in [5, 5.41) is 3.61. The number of ether oxygens (including phenoxy) is 1. The van der Waals surface area contributed by atoms with Gasteiger partial charge in [-0.05, 0) is 68.5 Å². The maximum atomic E-state index is 5.63. The van der Waals surface area contributed by atoms with Gasteiger partial charge >= 0.3 is 0 Å². The van der Waals surface area contributed by atoms with Gasteiger partial charge in [0.1, 0.15) is 0 Å². The van der Waals surface area contributed by atoms with E-state index in [4.69, 9.17) is 4.74 Å². The van der Waals surface area contributed by atoms with Crippen LogP contribution in [0.2, 0.25) is 0 Å². The molecule has 0 saturated carbocycles. The second kappa shape index (κ2) is 6.33. The number of aryl methyl sites for hydroxylation is 1. The van der Waals surface area contributed by atoms with Crippen LogP contribution in [0.4, 0.5) is 0 Å². The van der Waals surface area contributed by atoms with E-state index in [1.165, 1.54) is 33.4 Å². The highest BCUT2D eigenvalue weighted by atomic mass is 16.5. The van der Waals surface area contributed by atoms with Crippen molar-refractivity contribution in [3.8, 4) is 0 Å². The van der Waals surface area contributed by atoms with Crippen molar-refractivity contribution in [2.45, 2.75) is 46.5 Å². The number of allylic oxidation sites excluding steroid dienone is 1. The highest BCUT2D eigenvalue weighted by molar-refractivity contribution is 5.81. The standard InChI is InChI=1S/C19H29NO/c1-7-10-20-11-19(12-21-6)16(5)15(4)18-14(3)13(2)8-9-17(18)19/h8-9,20H,7,10-12H2,1-6H3. The number of methoxy groups -OCH3 is 1. The lowest BCUT2D eigenvalue weighted by Crippen LogP contribution is -2.42. The molecular weight excluding hydrogens is 258 g/mol. The van der Waals surface area contributed by atoms with E-state index in [-0.39, 0.29) is 5.41 Å². The summed E-state index contributed by atoms with van der Waals surface area (Å²) >= 11 is 0. The Morgan fingerprint density at radius 3 is 2.48 bits per heavy atom. The van der Waals surface area contributed by atoms with Crippen molar-refractivity contribution < 1.29 is 4.74 Å². The average Bonchev–Trinajstić information content (AvgIpc) is 2.67. The molecule has 0 fully saturated rings. The van der Waals surface area contributed by atoms with E-state index in [0.29, 0.717) is 0 Å². The number of rotatable bonds is 6. The molecular formula is C19H29NO. The number of fused-ring (bicyclic) bond motifs is 1. The topological polar surface area (TPSA) is 21.3 Å². The molecule has 1 atom stereocenters. The maximum Gasteiger partial charge on any atom is 0.0609 e. The summed E-state index contributed by atoms with van der Waals surface area (Å²) in [6, 6.07) is 4.56. The smallest absolute Gasteiger partial charge is 0.0609 e. The van der Waals surface area contributed by atoms with E-state index in [9.17, 15) is 0 Å². The van der Waals surface area contributed by atoms with E-state index >= 15 is 0 Å². The van der Waals surface area contributed by atoms with E-state index in [1.807, 2.05) is 7.11 Å². The van der Waals surface area contributed by atoms with Crippen LogP contribution in [0.5, 0.6) is 0 Å². The van der Waals surface area contributed by atoms with Crippen LogP contribution in [0.1, 0.15) is 49.4 Å². The lowest BCUT2D eigenvalue weighted by molar-refractivity contribution is 0.146. The molecule has 1 N–H and O–H groups in total. The predicted molar refractivity (Wildman–Crippen MR) is 90.9 cm³/mol. The summed E-state index contributed by atoms with van der Waals surface area (Å²) in [4.78, 5) is 0. The molecule has 0 saturated heterocycles. The molecule has 0 aliphatic heterocycles. The summed E-state index contributed by atoms with van der Waals surface area (Å²) in [7, 11) is 1.81. The van der Waals surface area contributed by atoms with Crippen LogP contribution in [0.3, 0.4) is 0 Å². The Hall–Kier alpha value is -1.12. The van der Waals surface area contributed by atoms with Gasteiger partial charge < -0.3 is 10.1 Å². The van der Waals surface area contributed by atoms with Crippen molar-refractivity contribution in [3.05, 3.63) is 40.0 Å². The number of nitrogens with one attached hydrogen (secondary N) is 1. The highest BCUT2D eigenvalue weighted by Crippen LogP contribution is 2.47. The van der Waals surface area contributed by atoms with Gasteiger partial charge in [0.25, 0.3) is 0 Å². The minimum Gasteiger partial charge on any atom is -0.383 e. The zero-order chi connectivity index (χ0) is 15.6. The van der Waals surface area contributed by atoms with E-state index in [2.05, 4.69) is 52.1 Å². The normalized spacial score (nSPS) is 21.0. The summed E-state index contributed by atoms with van der Waals surface area (Å²) in [6.45, 7) is 13.9. The summed E-state index contributed by atoms with van der Waals surface area (Å²) in [5.41, 5.74) is 8.54. The van der Waals surface area contributed by atoms with Crippen molar-refractivity contribution in [3.63, 3.8) is 0 Å². The van der Waals surface area contributed by atoms with Crippen LogP contribution in [-0.4, -0.2) is 26.8 Å². The first-order valence-electron chi connectivity index (χ1n) is 7.98. The first kappa shape index (κ1) is 16.3. The first-order chi connectivity index (χ1) is 9.99. The highest BCUT2D eigenvalue weighted by Gasteiger charge is 2.42. The van der Waals surface area contributed by atoms with Crippen LogP contribution >= 0.6 is 0 Å². The van der Waals surface area contributed by atoms with Gasteiger partial charge in [-0.2, -0.15) is 0 Å². The zero-order valence-electron chi connectivity index (χ0n) is 14.4.